The summed E-state index contributed by atoms with van der Waals surface area (Å²) in [6.07, 6.45) is 1.62. The Morgan fingerprint density at radius 3 is 2.56 bits per heavy atom. The van der Waals surface area contributed by atoms with Crippen molar-refractivity contribution in [2.75, 3.05) is 7.11 Å². The quantitative estimate of drug-likeness (QED) is 0.797. The first-order chi connectivity index (χ1) is 7.69. The van der Waals surface area contributed by atoms with Crippen LogP contribution in [0, 0.1) is 5.82 Å². The van der Waals surface area contributed by atoms with Crippen molar-refractivity contribution in [3.63, 3.8) is 0 Å². The van der Waals surface area contributed by atoms with Gasteiger partial charge in [-0.1, -0.05) is 11.6 Å². The molecule has 0 aliphatic carbocycles. The van der Waals surface area contributed by atoms with Crippen LogP contribution < -0.4 is 4.74 Å². The van der Waals surface area contributed by atoms with Gasteiger partial charge in [-0.25, -0.2) is 9.37 Å². The number of nitrogens with zero attached hydrogens (tertiary/aromatic N) is 1. The summed E-state index contributed by atoms with van der Waals surface area (Å²) in [6.45, 7) is 0. The summed E-state index contributed by atoms with van der Waals surface area (Å²) in [4.78, 5) is 4.05. The van der Waals surface area contributed by atoms with Crippen LogP contribution in [0.3, 0.4) is 0 Å². The average molecular weight is 238 g/mol. The lowest BCUT2D eigenvalue weighted by Crippen LogP contribution is -1.87. The number of hydrogen-bond donors (Lipinski definition) is 0. The highest BCUT2D eigenvalue weighted by atomic mass is 35.5. The number of methoxy groups -OCH3 is 1. The third-order valence-electron chi connectivity index (χ3n) is 2.14. The molecule has 4 heteroatoms. The molecule has 0 unspecified atom stereocenters. The van der Waals surface area contributed by atoms with E-state index in [-0.39, 0.29) is 5.82 Å². The van der Waals surface area contributed by atoms with E-state index in [2.05, 4.69) is 4.98 Å². The van der Waals surface area contributed by atoms with E-state index in [1.54, 1.807) is 31.5 Å². The zero-order valence-corrected chi connectivity index (χ0v) is 9.33. The lowest BCUT2D eigenvalue weighted by atomic mass is 10.1. The minimum absolute atomic E-state index is 0.363. The molecular formula is C12H9ClFNO. The molecule has 2 rings (SSSR count). The molecule has 0 amide bonds. The molecule has 0 saturated heterocycles. The van der Waals surface area contributed by atoms with E-state index in [9.17, 15) is 4.39 Å². The zero-order chi connectivity index (χ0) is 11.5. The summed E-state index contributed by atoms with van der Waals surface area (Å²) in [6, 6.07) is 7.89. The normalized spacial score (nSPS) is 10.2. The van der Waals surface area contributed by atoms with Gasteiger partial charge in [-0.15, -0.1) is 0 Å². The van der Waals surface area contributed by atoms with Crippen molar-refractivity contribution in [2.45, 2.75) is 0 Å². The molecule has 0 fully saturated rings. The van der Waals surface area contributed by atoms with Gasteiger partial charge in [0.1, 0.15) is 5.82 Å². The molecule has 16 heavy (non-hydrogen) atoms. The number of aromatic nitrogens is 1. The molecule has 0 aliphatic heterocycles. The highest BCUT2D eigenvalue weighted by Crippen LogP contribution is 2.24. The second-order valence-corrected chi connectivity index (χ2v) is 3.68. The van der Waals surface area contributed by atoms with Gasteiger partial charge in [-0.3, -0.25) is 0 Å². The van der Waals surface area contributed by atoms with Gasteiger partial charge in [0.05, 0.1) is 7.11 Å². The smallest absolute Gasteiger partial charge is 0.212 e. The summed E-state index contributed by atoms with van der Waals surface area (Å²) >= 11 is 5.77. The predicted octanol–water partition coefficient (Wildman–Crippen LogP) is 3.55. The Morgan fingerprint density at radius 2 is 2.00 bits per heavy atom. The van der Waals surface area contributed by atoms with Gasteiger partial charge >= 0.3 is 0 Å². The first kappa shape index (κ1) is 10.9. The number of hydrogen-bond acceptors (Lipinski definition) is 2. The Bertz CT molecular complexity index is 479. The van der Waals surface area contributed by atoms with Crippen LogP contribution in [0.15, 0.2) is 36.5 Å². The maximum absolute atomic E-state index is 13.1. The van der Waals surface area contributed by atoms with E-state index in [0.717, 1.165) is 5.56 Å². The van der Waals surface area contributed by atoms with E-state index in [1.807, 2.05) is 0 Å². The van der Waals surface area contributed by atoms with Crippen molar-refractivity contribution in [2.24, 2.45) is 0 Å². The first-order valence-electron chi connectivity index (χ1n) is 4.65. The molecule has 0 aliphatic rings. The highest BCUT2D eigenvalue weighted by Gasteiger charge is 2.03. The van der Waals surface area contributed by atoms with E-state index in [4.69, 9.17) is 16.3 Å². The lowest BCUT2D eigenvalue weighted by Gasteiger charge is -2.03. The zero-order valence-electron chi connectivity index (χ0n) is 8.58. The van der Waals surface area contributed by atoms with E-state index in [1.165, 1.54) is 12.1 Å². The van der Waals surface area contributed by atoms with Crippen molar-refractivity contribution in [3.05, 3.63) is 47.4 Å². The molecule has 2 aromatic rings. The van der Waals surface area contributed by atoms with Crippen LogP contribution in [0.25, 0.3) is 11.1 Å². The third kappa shape index (κ3) is 2.31. The van der Waals surface area contributed by atoms with Gasteiger partial charge < -0.3 is 4.74 Å². The Hall–Kier alpha value is -1.61. The molecule has 2 nitrogen and oxygen atoms in total. The minimum Gasteiger partial charge on any atom is -0.481 e. The Labute approximate surface area is 97.7 Å². The number of pyridine rings is 1. The molecule has 0 atom stereocenters. The fourth-order valence-electron chi connectivity index (χ4n) is 1.39. The molecule has 0 saturated carbocycles. The predicted molar refractivity (Wildman–Crippen MR) is 61.2 cm³/mol. The fourth-order valence-corrected chi connectivity index (χ4v) is 1.61. The Balaban J connectivity index is 2.42. The molecule has 0 bridgehead atoms. The van der Waals surface area contributed by atoms with Gasteiger partial charge in [0.2, 0.25) is 5.88 Å². The topological polar surface area (TPSA) is 22.1 Å². The molecule has 0 N–H and O–H groups in total. The largest absolute Gasteiger partial charge is 0.481 e. The molecule has 0 radical (unpaired) electrons. The molecule has 0 spiro atoms. The van der Waals surface area contributed by atoms with Gasteiger partial charge in [-0.05, 0) is 29.8 Å². The van der Waals surface area contributed by atoms with Crippen LogP contribution in [0.2, 0.25) is 5.02 Å². The SMILES string of the molecule is COc1ccc(-c2cc(F)cc(Cl)c2)cn1. The van der Waals surface area contributed by atoms with Crippen molar-refractivity contribution < 1.29 is 9.13 Å². The standard InChI is InChI=1S/C12H9ClFNO/c1-16-12-3-2-8(7-15-12)9-4-10(13)6-11(14)5-9/h2-7H,1H3. The van der Waals surface area contributed by atoms with Gasteiger partial charge in [0.15, 0.2) is 0 Å². The van der Waals surface area contributed by atoms with Gasteiger partial charge in [0, 0.05) is 22.8 Å². The van der Waals surface area contributed by atoms with Gasteiger partial charge in [0.25, 0.3) is 0 Å². The molecule has 82 valence electrons. The van der Waals surface area contributed by atoms with E-state index in [0.29, 0.717) is 16.5 Å². The van der Waals surface area contributed by atoms with Crippen LogP contribution >= 0.6 is 11.6 Å². The second-order valence-electron chi connectivity index (χ2n) is 3.25. The third-order valence-corrected chi connectivity index (χ3v) is 2.36. The van der Waals surface area contributed by atoms with Crippen LogP contribution in [-0.4, -0.2) is 12.1 Å². The van der Waals surface area contributed by atoms with Gasteiger partial charge in [-0.2, -0.15) is 0 Å². The Kier molecular flexibility index (Phi) is 3.06. The molecule has 1 heterocycles. The van der Waals surface area contributed by atoms with Crippen LogP contribution in [0.1, 0.15) is 0 Å². The maximum Gasteiger partial charge on any atom is 0.212 e. The summed E-state index contributed by atoms with van der Waals surface area (Å²) in [5.74, 6) is 0.157. The molecule has 1 aromatic carbocycles. The van der Waals surface area contributed by atoms with Crippen molar-refractivity contribution in [3.8, 4) is 17.0 Å². The van der Waals surface area contributed by atoms with Crippen LogP contribution in [-0.2, 0) is 0 Å². The Morgan fingerprint density at radius 1 is 1.19 bits per heavy atom. The van der Waals surface area contributed by atoms with Crippen molar-refractivity contribution in [1.82, 2.24) is 4.98 Å². The minimum atomic E-state index is -0.363. The molecule has 1 aromatic heterocycles. The second kappa shape index (κ2) is 4.49. The maximum atomic E-state index is 13.1. The number of rotatable bonds is 2. The first-order valence-corrected chi connectivity index (χ1v) is 5.03. The fraction of sp³-hybridized carbons (Fsp3) is 0.0833. The number of ether oxygens (including phenoxy) is 1. The van der Waals surface area contributed by atoms with E-state index >= 15 is 0 Å². The van der Waals surface area contributed by atoms with Crippen LogP contribution in [0.5, 0.6) is 5.88 Å². The van der Waals surface area contributed by atoms with Crippen LogP contribution in [0.4, 0.5) is 4.39 Å². The summed E-state index contributed by atoms with van der Waals surface area (Å²) in [7, 11) is 1.54. The van der Waals surface area contributed by atoms with Crippen molar-refractivity contribution in [1.29, 1.82) is 0 Å². The summed E-state index contributed by atoms with van der Waals surface area (Å²) < 4.78 is 18.1. The average Bonchev–Trinajstić information content (AvgIpc) is 2.28. The number of benzene rings is 1. The summed E-state index contributed by atoms with van der Waals surface area (Å²) in [5, 5.41) is 0.366. The molecular weight excluding hydrogens is 229 g/mol. The summed E-state index contributed by atoms with van der Waals surface area (Å²) in [5.41, 5.74) is 1.49. The monoisotopic (exact) mass is 237 g/mol. The van der Waals surface area contributed by atoms with E-state index < -0.39 is 0 Å². The lowest BCUT2D eigenvalue weighted by molar-refractivity contribution is 0.398. The van der Waals surface area contributed by atoms with Crippen molar-refractivity contribution >= 4 is 11.6 Å². The number of halogens is 2. The highest BCUT2D eigenvalue weighted by molar-refractivity contribution is 6.30.